The van der Waals surface area contributed by atoms with Gasteiger partial charge < -0.3 is 16.0 Å². The maximum atomic E-state index is 4.26. The fraction of sp³-hybridized carbons (Fsp3) is 0.933. The van der Waals surface area contributed by atoms with Gasteiger partial charge in [-0.15, -0.1) is 0 Å². The van der Waals surface area contributed by atoms with Crippen LogP contribution in [-0.4, -0.2) is 37.7 Å². The van der Waals surface area contributed by atoms with Crippen molar-refractivity contribution in [3.05, 3.63) is 0 Å². The average molecular weight is 270 g/mol. The highest BCUT2D eigenvalue weighted by atomic mass is 15.2. The molecule has 3 N–H and O–H groups in total. The molecule has 0 bridgehead atoms. The van der Waals surface area contributed by atoms with E-state index >= 15 is 0 Å². The van der Waals surface area contributed by atoms with Gasteiger partial charge in [-0.3, -0.25) is 4.99 Å². The predicted molar refractivity (Wildman–Crippen MR) is 85.8 cm³/mol. The normalized spacial score (nSPS) is 14.6. The molecule has 1 atom stereocenters. The maximum Gasteiger partial charge on any atom is 0.191 e. The molecule has 0 spiro atoms. The van der Waals surface area contributed by atoms with Gasteiger partial charge in [0.25, 0.3) is 0 Å². The first-order valence-corrected chi connectivity index (χ1v) is 7.47. The Balaban J connectivity index is 3.83. The smallest absolute Gasteiger partial charge is 0.191 e. The predicted octanol–water partition coefficient (Wildman–Crippen LogP) is 2.36. The van der Waals surface area contributed by atoms with E-state index in [0.717, 1.165) is 25.0 Å². The van der Waals surface area contributed by atoms with Crippen LogP contribution in [0.25, 0.3) is 0 Å². The highest BCUT2D eigenvalue weighted by molar-refractivity contribution is 5.79. The third-order valence-corrected chi connectivity index (χ3v) is 2.86. The fourth-order valence-electron chi connectivity index (χ4n) is 1.70. The Bertz CT molecular complexity index is 253. The molecule has 0 radical (unpaired) electrons. The minimum absolute atomic E-state index is 0.170. The molecule has 114 valence electrons. The third-order valence-electron chi connectivity index (χ3n) is 2.86. The second-order valence-corrected chi connectivity index (χ2v) is 6.69. The summed E-state index contributed by atoms with van der Waals surface area (Å²) in [5.41, 5.74) is 0.170. The van der Waals surface area contributed by atoms with Crippen LogP contribution in [0.5, 0.6) is 0 Å². The van der Waals surface area contributed by atoms with Crippen LogP contribution >= 0.6 is 0 Å². The van der Waals surface area contributed by atoms with Crippen LogP contribution in [0.4, 0.5) is 0 Å². The van der Waals surface area contributed by atoms with E-state index in [1.54, 1.807) is 0 Å². The number of rotatable bonds is 7. The van der Waals surface area contributed by atoms with Crippen LogP contribution in [-0.2, 0) is 0 Å². The molecule has 4 nitrogen and oxygen atoms in total. The van der Waals surface area contributed by atoms with Crippen LogP contribution in [0, 0.1) is 5.92 Å². The molecular weight excluding hydrogens is 236 g/mol. The first-order valence-electron chi connectivity index (χ1n) is 7.47. The molecule has 0 saturated carbocycles. The Morgan fingerprint density at radius 1 is 1.05 bits per heavy atom. The lowest BCUT2D eigenvalue weighted by Crippen LogP contribution is -2.46. The average Bonchev–Trinajstić information content (AvgIpc) is 2.29. The molecule has 0 fully saturated rings. The van der Waals surface area contributed by atoms with E-state index in [1.807, 2.05) is 7.05 Å². The van der Waals surface area contributed by atoms with E-state index in [-0.39, 0.29) is 5.54 Å². The quantitative estimate of drug-likeness (QED) is 0.378. The van der Waals surface area contributed by atoms with Gasteiger partial charge in [-0.1, -0.05) is 13.8 Å². The molecule has 0 heterocycles. The maximum absolute atomic E-state index is 4.26. The molecular formula is C15H34N4. The number of nitrogens with one attached hydrogen (secondary N) is 3. The number of hydrogen-bond acceptors (Lipinski definition) is 2. The Labute approximate surface area is 119 Å². The van der Waals surface area contributed by atoms with Crippen molar-refractivity contribution in [3.63, 3.8) is 0 Å². The zero-order chi connectivity index (χ0) is 14.9. The minimum atomic E-state index is 0.170. The van der Waals surface area contributed by atoms with Crippen molar-refractivity contribution in [3.8, 4) is 0 Å². The van der Waals surface area contributed by atoms with E-state index in [4.69, 9.17) is 0 Å². The van der Waals surface area contributed by atoms with Gasteiger partial charge in [-0.25, -0.2) is 0 Å². The summed E-state index contributed by atoms with van der Waals surface area (Å²) >= 11 is 0. The van der Waals surface area contributed by atoms with E-state index in [2.05, 4.69) is 62.5 Å². The van der Waals surface area contributed by atoms with Gasteiger partial charge in [0.1, 0.15) is 0 Å². The van der Waals surface area contributed by atoms with Crippen molar-refractivity contribution < 1.29 is 0 Å². The summed E-state index contributed by atoms with van der Waals surface area (Å²) in [6.07, 6.45) is 2.43. The molecule has 0 rings (SSSR count). The van der Waals surface area contributed by atoms with E-state index in [0.29, 0.717) is 6.04 Å². The third kappa shape index (κ3) is 12.0. The molecule has 19 heavy (non-hydrogen) atoms. The van der Waals surface area contributed by atoms with Crippen molar-refractivity contribution in [2.45, 2.75) is 66.0 Å². The van der Waals surface area contributed by atoms with E-state index < -0.39 is 0 Å². The second-order valence-electron chi connectivity index (χ2n) is 6.69. The fourth-order valence-corrected chi connectivity index (χ4v) is 1.70. The Hall–Kier alpha value is -0.770. The van der Waals surface area contributed by atoms with Crippen LogP contribution in [0.2, 0.25) is 0 Å². The zero-order valence-corrected chi connectivity index (χ0v) is 13.9. The summed E-state index contributed by atoms with van der Waals surface area (Å²) in [5, 5.41) is 10.2. The molecule has 0 aliphatic rings. The SMILES string of the molecule is CN=C(NCCNC(C)(C)C)NC(C)CCC(C)C. The molecule has 1 unspecified atom stereocenters. The molecule has 0 saturated heterocycles. The van der Waals surface area contributed by atoms with Gasteiger partial charge in [0.05, 0.1) is 0 Å². The summed E-state index contributed by atoms with van der Waals surface area (Å²) in [7, 11) is 1.82. The van der Waals surface area contributed by atoms with Crippen LogP contribution < -0.4 is 16.0 Å². The van der Waals surface area contributed by atoms with Crippen molar-refractivity contribution in [1.29, 1.82) is 0 Å². The van der Waals surface area contributed by atoms with Gasteiger partial charge in [0.15, 0.2) is 5.96 Å². The highest BCUT2D eigenvalue weighted by Gasteiger charge is 2.08. The van der Waals surface area contributed by atoms with Gasteiger partial charge in [0.2, 0.25) is 0 Å². The standard InChI is InChI=1S/C15H34N4/c1-12(2)8-9-13(3)19-14(16-7)17-10-11-18-15(4,5)6/h12-13,18H,8-11H2,1-7H3,(H2,16,17,19). The van der Waals surface area contributed by atoms with Gasteiger partial charge in [-0.2, -0.15) is 0 Å². The molecule has 0 aromatic carbocycles. The molecule has 0 aromatic rings. The lowest BCUT2D eigenvalue weighted by Gasteiger charge is -2.22. The zero-order valence-electron chi connectivity index (χ0n) is 13.9. The van der Waals surface area contributed by atoms with Crippen LogP contribution in [0.3, 0.4) is 0 Å². The van der Waals surface area contributed by atoms with E-state index in [9.17, 15) is 0 Å². The number of hydrogen-bond donors (Lipinski definition) is 3. The Morgan fingerprint density at radius 3 is 2.16 bits per heavy atom. The summed E-state index contributed by atoms with van der Waals surface area (Å²) in [5.74, 6) is 1.65. The number of aliphatic imine (C=N–C) groups is 1. The number of nitrogens with zero attached hydrogens (tertiary/aromatic N) is 1. The number of guanidine groups is 1. The minimum Gasteiger partial charge on any atom is -0.355 e. The summed E-state index contributed by atoms with van der Waals surface area (Å²) in [6.45, 7) is 15.1. The molecule has 0 aromatic heterocycles. The van der Waals surface area contributed by atoms with Crippen molar-refractivity contribution in [2.75, 3.05) is 20.1 Å². The highest BCUT2D eigenvalue weighted by Crippen LogP contribution is 2.06. The second kappa shape index (κ2) is 9.18. The summed E-state index contributed by atoms with van der Waals surface area (Å²) in [4.78, 5) is 4.26. The Morgan fingerprint density at radius 2 is 1.68 bits per heavy atom. The molecule has 4 heteroatoms. The topological polar surface area (TPSA) is 48.5 Å². The van der Waals surface area contributed by atoms with Gasteiger partial charge >= 0.3 is 0 Å². The largest absolute Gasteiger partial charge is 0.355 e. The van der Waals surface area contributed by atoms with Crippen molar-refractivity contribution in [1.82, 2.24) is 16.0 Å². The van der Waals surface area contributed by atoms with Gasteiger partial charge in [-0.05, 0) is 46.5 Å². The first-order chi connectivity index (χ1) is 8.74. The molecule has 0 amide bonds. The lowest BCUT2D eigenvalue weighted by atomic mass is 10.0. The Kier molecular flexibility index (Phi) is 8.81. The molecule has 0 aliphatic carbocycles. The monoisotopic (exact) mass is 270 g/mol. The van der Waals surface area contributed by atoms with Crippen LogP contribution in [0.1, 0.15) is 54.4 Å². The van der Waals surface area contributed by atoms with Gasteiger partial charge in [0, 0.05) is 31.7 Å². The first kappa shape index (κ1) is 18.2. The summed E-state index contributed by atoms with van der Waals surface area (Å²) < 4.78 is 0. The molecule has 0 aliphatic heterocycles. The van der Waals surface area contributed by atoms with Crippen molar-refractivity contribution in [2.24, 2.45) is 10.9 Å². The lowest BCUT2D eigenvalue weighted by molar-refractivity contribution is 0.427. The van der Waals surface area contributed by atoms with E-state index in [1.165, 1.54) is 12.8 Å². The van der Waals surface area contributed by atoms with Crippen LogP contribution in [0.15, 0.2) is 4.99 Å². The van der Waals surface area contributed by atoms with Crippen molar-refractivity contribution >= 4 is 5.96 Å². The summed E-state index contributed by atoms with van der Waals surface area (Å²) in [6, 6.07) is 0.462.